The Hall–Kier alpha value is -8.62. The van der Waals surface area contributed by atoms with Gasteiger partial charge in [0.15, 0.2) is 11.9 Å². The number of carbonyl (C=O) groups is 8. The highest BCUT2D eigenvalue weighted by Gasteiger charge is 2.32. The van der Waals surface area contributed by atoms with E-state index in [9.17, 15) is 43.6 Å². The Kier molecular flexibility index (Phi) is 28.0. The third-order valence-corrected chi connectivity index (χ3v) is 13.5. The van der Waals surface area contributed by atoms with Crippen molar-refractivity contribution in [2.45, 2.75) is 199 Å². The van der Waals surface area contributed by atoms with E-state index in [4.69, 9.17) is 61.5 Å². The molecule has 4 rings (SSSR count). The fraction of sp³-hybridized carbons (Fsp3) is 0.531. The average Bonchev–Trinajstić information content (AvgIpc) is 1.88. The van der Waals surface area contributed by atoms with Gasteiger partial charge in [0.1, 0.15) is 76.6 Å². The summed E-state index contributed by atoms with van der Waals surface area (Å²) in [5, 5.41) is 21.5. The molecule has 91 heavy (non-hydrogen) atoms. The van der Waals surface area contributed by atoms with Gasteiger partial charge in [-0.1, -0.05) is 48.8 Å². The Morgan fingerprint density at radius 2 is 1.30 bits per heavy atom. The number of halogens is 1. The maximum atomic E-state index is 13.9. The van der Waals surface area contributed by atoms with Crippen LogP contribution in [0.5, 0.6) is 5.75 Å². The number of amides is 4. The molecule has 0 spiro atoms. The summed E-state index contributed by atoms with van der Waals surface area (Å²) in [5.41, 5.74) is 4.88. The highest BCUT2D eigenvalue weighted by atomic mass is 35.5. The molecule has 6 N–H and O–H groups in total. The summed E-state index contributed by atoms with van der Waals surface area (Å²) in [6.45, 7) is 29.9. The lowest BCUT2D eigenvalue weighted by molar-refractivity contribution is -0.164. The molecule has 0 radical (unpaired) electrons. The predicted molar refractivity (Wildman–Crippen MR) is 338 cm³/mol. The first-order chi connectivity index (χ1) is 42.4. The number of alkyl carbamates (subject to hydrolysis) is 3. The molecular formula is C64H84ClN9O16S. The van der Waals surface area contributed by atoms with Gasteiger partial charge in [0.25, 0.3) is 0 Å². The Morgan fingerprint density at radius 3 is 1.88 bits per heavy atom. The number of carbonyl (C=O) groups excluding carboxylic acids is 8. The Bertz CT molecular complexity index is 3260. The van der Waals surface area contributed by atoms with Gasteiger partial charge in [0, 0.05) is 41.3 Å². The van der Waals surface area contributed by atoms with Crippen molar-refractivity contribution < 1.29 is 75.9 Å². The molecule has 0 aliphatic carbocycles. The molecule has 0 fully saturated rings. The van der Waals surface area contributed by atoms with E-state index in [1.54, 1.807) is 119 Å². The topological polar surface area (TPSA) is 342 Å². The minimum absolute atomic E-state index is 0.0247. The van der Waals surface area contributed by atoms with Gasteiger partial charge in [0.05, 0.1) is 29.8 Å². The lowest BCUT2D eigenvalue weighted by Gasteiger charge is -2.25. The van der Waals surface area contributed by atoms with Crippen molar-refractivity contribution in [3.63, 3.8) is 0 Å². The van der Waals surface area contributed by atoms with Gasteiger partial charge in [-0.2, -0.15) is 5.26 Å². The number of nitriles is 1. The van der Waals surface area contributed by atoms with Crippen LogP contribution >= 0.6 is 23.4 Å². The number of Topliss-reactive ketones (excluding diaryl/α,β-unsaturated/α-hetero) is 1. The van der Waals surface area contributed by atoms with Gasteiger partial charge < -0.3 is 64.6 Å². The van der Waals surface area contributed by atoms with E-state index < -0.39 is 120 Å². The number of benzene rings is 2. The number of thioether (sulfide) groups is 1. The second-order valence-electron chi connectivity index (χ2n) is 25.2. The van der Waals surface area contributed by atoms with Crippen LogP contribution in [0.3, 0.4) is 0 Å². The lowest BCUT2D eigenvalue weighted by Crippen LogP contribution is -2.52. The van der Waals surface area contributed by atoms with E-state index in [1.165, 1.54) is 32.2 Å². The molecule has 27 heteroatoms. The van der Waals surface area contributed by atoms with Crippen LogP contribution in [-0.2, 0) is 58.1 Å². The van der Waals surface area contributed by atoms with Crippen LogP contribution in [0.25, 0.3) is 27.4 Å². The standard InChI is InChI=1S/C64H84ClN9O16S/c1-37(31-48(75)46(72-59(81)89-63(9,10)11)19-16-17-21-49(76)87-61(3,4)5)56(78)85-35-44(86-57(79)38(2)70-53(77)47(73-60(82)90-64(12,13)14)20-18-30-69-58(80)88-62(6,7)8)34-83-43-28-24-39(25-29-43)50-45(32-66)55(74-52(67)51(50)68-15)91-36-42-33-84-54(71-42)40-22-26-41(65)27-23-40/h22-29,33,37-38,44,46-47H,16-21,30-31,34-36H2,1-14H3,(H2,67,74)(H,69,80)(H,70,77)(H,72,81)(H,73,82)/t37-,38+,44+,46+,47+/m1/s1. The fourth-order valence-corrected chi connectivity index (χ4v) is 9.22. The van der Waals surface area contributed by atoms with Crippen LogP contribution in [0, 0.1) is 23.8 Å². The van der Waals surface area contributed by atoms with Gasteiger partial charge in [-0.3, -0.25) is 19.2 Å². The summed E-state index contributed by atoms with van der Waals surface area (Å²) in [4.78, 5) is 118. The molecule has 25 nitrogen and oxygen atoms in total. The smallest absolute Gasteiger partial charge is 0.408 e. The quantitative estimate of drug-likeness (QED) is 0.0111. The number of ketones is 1. The van der Waals surface area contributed by atoms with Crippen LogP contribution in [0.2, 0.25) is 5.02 Å². The van der Waals surface area contributed by atoms with Gasteiger partial charge in [-0.25, -0.2) is 34.0 Å². The van der Waals surface area contributed by atoms with E-state index in [2.05, 4.69) is 42.1 Å². The van der Waals surface area contributed by atoms with Gasteiger partial charge >= 0.3 is 36.2 Å². The first-order valence-electron chi connectivity index (χ1n) is 29.5. The third kappa shape index (κ3) is 27.2. The van der Waals surface area contributed by atoms with E-state index in [0.29, 0.717) is 40.6 Å². The zero-order valence-electron chi connectivity index (χ0n) is 54.0. The lowest BCUT2D eigenvalue weighted by atomic mass is 9.96. The molecule has 0 aliphatic rings. The van der Waals surface area contributed by atoms with Crippen molar-refractivity contribution in [1.29, 1.82) is 5.26 Å². The highest BCUT2D eigenvalue weighted by Crippen LogP contribution is 2.42. The SMILES string of the molecule is [C-]#[N+]c1c(N)nc(SCc2coc(-c3ccc(Cl)cc3)n2)c(C#N)c1-c1ccc(OC[C@@H](COC(=O)[C@H](C)CC(=O)[C@H](CCCCC(=O)OC(C)(C)C)NC(=O)OC(C)(C)C)OC(=O)[C@H](C)NC(=O)[C@H](CCCNC(=O)OC(C)(C)C)NC(=O)OC(C)(C)C)cc1. The largest absolute Gasteiger partial charge is 0.490 e. The number of nitrogens with zero attached hydrogens (tertiary/aromatic N) is 4. The molecule has 2 aromatic heterocycles. The maximum absolute atomic E-state index is 13.9. The molecular weight excluding hydrogens is 1220 g/mol. The molecule has 4 amide bonds. The zero-order chi connectivity index (χ0) is 68.0. The predicted octanol–water partition coefficient (Wildman–Crippen LogP) is 11.3. The molecule has 4 aromatic rings. The average molecular weight is 1300 g/mol. The molecule has 2 heterocycles. The third-order valence-electron chi connectivity index (χ3n) is 12.3. The minimum Gasteiger partial charge on any atom is -0.490 e. The molecule has 5 atom stereocenters. The van der Waals surface area contributed by atoms with Crippen molar-refractivity contribution in [1.82, 2.24) is 31.2 Å². The monoisotopic (exact) mass is 1300 g/mol. The zero-order valence-corrected chi connectivity index (χ0v) is 55.6. The summed E-state index contributed by atoms with van der Waals surface area (Å²) in [5.74, 6) is -4.14. The van der Waals surface area contributed by atoms with Gasteiger partial charge in [-0.05, 0) is 158 Å². The van der Waals surface area contributed by atoms with Crippen LogP contribution in [0.15, 0.2) is 64.2 Å². The number of nitrogens with one attached hydrogen (secondary N) is 4. The summed E-state index contributed by atoms with van der Waals surface area (Å²) in [6, 6.07) is 11.5. The molecule has 0 aliphatic heterocycles. The number of anilines is 1. The van der Waals surface area contributed by atoms with Crippen LogP contribution < -0.4 is 31.7 Å². The normalized spacial score (nSPS) is 13.2. The molecule has 0 bridgehead atoms. The molecule has 0 unspecified atom stereocenters. The number of nitrogens with two attached hydrogens (primary N) is 1. The van der Waals surface area contributed by atoms with Crippen molar-refractivity contribution >= 4 is 82.7 Å². The molecule has 0 saturated heterocycles. The van der Waals surface area contributed by atoms with Crippen molar-refractivity contribution in [3.05, 3.63) is 82.5 Å². The van der Waals surface area contributed by atoms with Crippen LogP contribution in [0.4, 0.5) is 25.9 Å². The molecule has 494 valence electrons. The number of ether oxygens (including phenoxy) is 7. The van der Waals surface area contributed by atoms with Crippen LogP contribution in [0.1, 0.15) is 153 Å². The van der Waals surface area contributed by atoms with Crippen molar-refractivity contribution in [3.8, 4) is 34.4 Å². The molecule has 2 aromatic carbocycles. The number of esters is 3. The number of pyridine rings is 1. The maximum Gasteiger partial charge on any atom is 0.408 e. The van der Waals surface area contributed by atoms with Crippen LogP contribution in [-0.4, -0.2) is 124 Å². The second kappa shape index (κ2) is 34.0. The van der Waals surface area contributed by atoms with Gasteiger partial charge in [-0.15, -0.1) is 0 Å². The second-order valence-corrected chi connectivity index (χ2v) is 26.6. The van der Waals surface area contributed by atoms with E-state index in [0.717, 1.165) is 11.8 Å². The minimum atomic E-state index is -1.40. The first kappa shape index (κ1) is 74.8. The first-order valence-corrected chi connectivity index (χ1v) is 30.8. The Balaban J connectivity index is 1.57. The number of hydrogen-bond acceptors (Lipinski definition) is 21. The number of unbranched alkanes of at least 4 members (excludes halogenated alkanes) is 1. The summed E-state index contributed by atoms with van der Waals surface area (Å²) in [6.07, 6.45) is -1.80. The summed E-state index contributed by atoms with van der Waals surface area (Å²) < 4.78 is 44.7. The van der Waals surface area contributed by atoms with E-state index >= 15 is 0 Å². The van der Waals surface area contributed by atoms with E-state index in [1.807, 2.05) is 0 Å². The number of oxazole rings is 1. The Labute approximate surface area is 540 Å². The van der Waals surface area contributed by atoms with Crippen molar-refractivity contribution in [2.75, 3.05) is 25.5 Å². The summed E-state index contributed by atoms with van der Waals surface area (Å²) in [7, 11) is 0. The fourth-order valence-electron chi connectivity index (χ4n) is 8.23. The van der Waals surface area contributed by atoms with E-state index in [-0.39, 0.29) is 71.4 Å². The number of aromatic nitrogens is 2. The van der Waals surface area contributed by atoms with Crippen molar-refractivity contribution in [2.24, 2.45) is 5.92 Å². The number of rotatable bonds is 29. The Morgan fingerprint density at radius 1 is 0.725 bits per heavy atom. The summed E-state index contributed by atoms with van der Waals surface area (Å²) >= 11 is 7.21. The highest BCUT2D eigenvalue weighted by molar-refractivity contribution is 7.98. The number of nitrogen functional groups attached to an aromatic ring is 1. The molecule has 0 saturated carbocycles. The van der Waals surface area contributed by atoms with Gasteiger partial charge in [0.2, 0.25) is 17.5 Å². The number of hydrogen-bond donors (Lipinski definition) is 5.